The van der Waals surface area contributed by atoms with E-state index in [0.717, 1.165) is 36.3 Å². The third-order valence-electron chi connectivity index (χ3n) is 7.79. The van der Waals surface area contributed by atoms with Crippen molar-refractivity contribution in [3.05, 3.63) is 69.7 Å². The van der Waals surface area contributed by atoms with Gasteiger partial charge in [-0.25, -0.2) is 13.1 Å². The van der Waals surface area contributed by atoms with Gasteiger partial charge in [0.25, 0.3) is 0 Å². The maximum absolute atomic E-state index is 12.3. The smallest absolute Gasteiger partial charge is 0.212 e. The molecule has 4 nitrogen and oxygen atoms in total. The van der Waals surface area contributed by atoms with Gasteiger partial charge < -0.3 is 0 Å². The normalized spacial score (nSPS) is 33.4. The Kier molecular flexibility index (Phi) is 4.21. The quantitative estimate of drug-likeness (QED) is 0.664. The second kappa shape index (κ2) is 6.55. The lowest BCUT2D eigenvalue weighted by molar-refractivity contribution is 0.226. The molecule has 0 amide bonds. The second-order valence-electron chi connectivity index (χ2n) is 9.81. The summed E-state index contributed by atoms with van der Waals surface area (Å²) in [4.78, 5) is 2.48. The summed E-state index contributed by atoms with van der Waals surface area (Å²) in [6, 6.07) is 16.2. The zero-order valence-electron chi connectivity index (χ0n) is 17.1. The summed E-state index contributed by atoms with van der Waals surface area (Å²) < 4.78 is 27.4. The molecule has 158 valence electrons. The van der Waals surface area contributed by atoms with Crippen molar-refractivity contribution >= 4 is 21.6 Å². The Hall–Kier alpha value is -1.40. The maximum Gasteiger partial charge on any atom is 0.212 e. The SMILES string of the molecule is CN1C2C1C21Cc2ccc(CNS(=O)(=O)CC3CC3)cc2C1Cc1cccc(Cl)c1. The highest BCUT2D eigenvalue weighted by Crippen LogP contribution is 2.76. The minimum absolute atomic E-state index is 0.272. The van der Waals surface area contributed by atoms with E-state index in [2.05, 4.69) is 47.0 Å². The molecule has 4 aliphatic rings. The Labute approximate surface area is 183 Å². The number of nitrogens with one attached hydrogen (secondary N) is 1. The highest BCUT2D eigenvalue weighted by Gasteiger charge is 2.84. The van der Waals surface area contributed by atoms with E-state index in [1.807, 2.05) is 12.1 Å². The summed E-state index contributed by atoms with van der Waals surface area (Å²) in [5.74, 6) is 1.11. The Morgan fingerprint density at radius 2 is 1.93 bits per heavy atom. The van der Waals surface area contributed by atoms with Crippen LogP contribution < -0.4 is 4.72 Å². The van der Waals surface area contributed by atoms with Crippen molar-refractivity contribution in [1.29, 1.82) is 0 Å². The fraction of sp³-hybridized carbons (Fsp3) is 0.500. The van der Waals surface area contributed by atoms with Gasteiger partial charge in [-0.3, -0.25) is 4.90 Å². The van der Waals surface area contributed by atoms with E-state index in [1.54, 1.807) is 0 Å². The first-order valence-electron chi connectivity index (χ1n) is 10.9. The molecule has 0 aromatic heterocycles. The van der Waals surface area contributed by atoms with Gasteiger partial charge >= 0.3 is 0 Å². The first-order valence-corrected chi connectivity index (χ1v) is 13.0. The van der Waals surface area contributed by atoms with Gasteiger partial charge in [0.1, 0.15) is 0 Å². The Bertz CT molecular complexity index is 1120. The zero-order chi connectivity index (χ0) is 20.7. The van der Waals surface area contributed by atoms with Gasteiger partial charge in [0.15, 0.2) is 0 Å². The van der Waals surface area contributed by atoms with Crippen LogP contribution in [0.15, 0.2) is 42.5 Å². The number of sulfonamides is 1. The monoisotopic (exact) mass is 442 g/mol. The van der Waals surface area contributed by atoms with Crippen molar-refractivity contribution < 1.29 is 8.42 Å². The molecular weight excluding hydrogens is 416 g/mol. The Morgan fingerprint density at radius 1 is 1.13 bits per heavy atom. The van der Waals surface area contributed by atoms with Gasteiger partial charge in [0, 0.05) is 29.1 Å². The number of hydrogen-bond acceptors (Lipinski definition) is 3. The van der Waals surface area contributed by atoms with E-state index in [4.69, 9.17) is 11.6 Å². The van der Waals surface area contributed by atoms with Crippen molar-refractivity contribution in [2.45, 2.75) is 50.2 Å². The summed E-state index contributed by atoms with van der Waals surface area (Å²) in [6.45, 7) is 0.381. The van der Waals surface area contributed by atoms with Crippen LogP contribution in [0.3, 0.4) is 0 Å². The Balaban J connectivity index is 1.26. The summed E-state index contributed by atoms with van der Waals surface area (Å²) in [6.07, 6.45) is 4.22. The van der Waals surface area contributed by atoms with E-state index in [0.29, 0.717) is 35.9 Å². The van der Waals surface area contributed by atoms with Crippen LogP contribution in [0.1, 0.15) is 41.0 Å². The molecule has 2 aromatic carbocycles. The predicted octanol–water partition coefficient (Wildman–Crippen LogP) is 3.73. The lowest BCUT2D eigenvalue weighted by atomic mass is 9.81. The first-order chi connectivity index (χ1) is 14.4. The van der Waals surface area contributed by atoms with Crippen LogP contribution in [-0.2, 0) is 29.4 Å². The van der Waals surface area contributed by atoms with Crippen LogP contribution in [0.25, 0.3) is 0 Å². The average molecular weight is 443 g/mol. The number of likely N-dealkylation sites (tertiary alicyclic amines) is 1. The molecule has 0 radical (unpaired) electrons. The van der Waals surface area contributed by atoms with Gasteiger partial charge in [-0.05, 0) is 79.0 Å². The van der Waals surface area contributed by atoms with E-state index < -0.39 is 10.0 Å². The second-order valence-corrected chi connectivity index (χ2v) is 12.1. The number of fused-ring (bicyclic) bond motifs is 4. The number of likely N-dealkylation sites (N-methyl/N-ethyl adjacent to an activating group) is 1. The number of hydrogen-bond donors (Lipinski definition) is 1. The number of nitrogens with zero attached hydrogens (tertiary/aromatic N) is 1. The number of halogens is 1. The number of benzene rings is 2. The van der Waals surface area contributed by atoms with Crippen LogP contribution in [0.2, 0.25) is 5.02 Å². The molecule has 2 saturated carbocycles. The summed E-state index contributed by atoms with van der Waals surface area (Å²) >= 11 is 6.25. The molecule has 1 aliphatic heterocycles. The lowest BCUT2D eigenvalue weighted by Crippen LogP contribution is -2.31. The molecule has 30 heavy (non-hydrogen) atoms. The molecule has 1 spiro atoms. The van der Waals surface area contributed by atoms with Crippen LogP contribution in [-0.4, -0.2) is 38.2 Å². The van der Waals surface area contributed by atoms with Gasteiger partial charge in [0.2, 0.25) is 10.0 Å². The Morgan fingerprint density at radius 3 is 2.63 bits per heavy atom. The van der Waals surface area contributed by atoms with E-state index in [1.165, 1.54) is 16.7 Å². The molecule has 6 heteroatoms. The van der Waals surface area contributed by atoms with Gasteiger partial charge in [0.05, 0.1) is 5.75 Å². The minimum Gasteiger partial charge on any atom is -0.296 e. The molecule has 3 aliphatic carbocycles. The molecule has 3 atom stereocenters. The van der Waals surface area contributed by atoms with Crippen molar-refractivity contribution in [1.82, 2.24) is 9.62 Å². The zero-order valence-corrected chi connectivity index (χ0v) is 18.7. The van der Waals surface area contributed by atoms with E-state index >= 15 is 0 Å². The third-order valence-corrected chi connectivity index (χ3v) is 9.52. The largest absolute Gasteiger partial charge is 0.296 e. The summed E-state index contributed by atoms with van der Waals surface area (Å²) in [5.41, 5.74) is 5.55. The van der Waals surface area contributed by atoms with Crippen LogP contribution >= 0.6 is 11.6 Å². The van der Waals surface area contributed by atoms with Crippen LogP contribution in [0, 0.1) is 11.3 Å². The molecule has 2 aromatic rings. The fourth-order valence-corrected chi connectivity index (χ4v) is 7.75. The van der Waals surface area contributed by atoms with Gasteiger partial charge in [-0.2, -0.15) is 0 Å². The maximum atomic E-state index is 12.3. The average Bonchev–Trinajstić information content (AvgIpc) is 3.63. The van der Waals surface area contributed by atoms with Gasteiger partial charge in [-0.1, -0.05) is 41.9 Å². The predicted molar refractivity (Wildman–Crippen MR) is 119 cm³/mol. The molecule has 1 N–H and O–H groups in total. The van der Waals surface area contributed by atoms with Crippen molar-refractivity contribution in [2.24, 2.45) is 11.3 Å². The minimum atomic E-state index is -3.19. The highest BCUT2D eigenvalue weighted by atomic mass is 35.5. The van der Waals surface area contributed by atoms with Crippen LogP contribution in [0.4, 0.5) is 0 Å². The topological polar surface area (TPSA) is 49.2 Å². The standard InChI is InChI=1S/C24H27ClN2O2S/c1-27-22-23(27)24(22)12-18-8-7-17(13-26-30(28,29)14-15-5-6-15)10-20(18)21(24)11-16-3-2-4-19(25)9-16/h2-4,7-10,15,21-23,26H,5-6,11-14H2,1H3. The van der Waals surface area contributed by atoms with Crippen molar-refractivity contribution in [3.8, 4) is 0 Å². The van der Waals surface area contributed by atoms with Crippen LogP contribution in [0.5, 0.6) is 0 Å². The molecule has 3 unspecified atom stereocenters. The van der Waals surface area contributed by atoms with Crippen molar-refractivity contribution in [3.63, 3.8) is 0 Å². The summed E-state index contributed by atoms with van der Waals surface area (Å²) in [5, 5.41) is 0.789. The molecule has 1 heterocycles. The molecule has 0 bridgehead atoms. The lowest BCUT2D eigenvalue weighted by Gasteiger charge is -2.29. The number of rotatable bonds is 7. The fourth-order valence-electron chi connectivity index (χ4n) is 6.08. The summed E-state index contributed by atoms with van der Waals surface area (Å²) in [7, 11) is -0.966. The molecule has 1 saturated heterocycles. The van der Waals surface area contributed by atoms with E-state index in [-0.39, 0.29) is 5.75 Å². The highest BCUT2D eigenvalue weighted by molar-refractivity contribution is 7.89. The molecular formula is C24H27ClN2O2S. The third kappa shape index (κ3) is 3.13. The van der Waals surface area contributed by atoms with Gasteiger partial charge in [-0.15, -0.1) is 0 Å². The molecule has 6 rings (SSSR count). The molecule has 3 fully saturated rings. The van der Waals surface area contributed by atoms with Crippen molar-refractivity contribution in [2.75, 3.05) is 12.8 Å². The van der Waals surface area contributed by atoms with E-state index in [9.17, 15) is 8.42 Å². The first kappa shape index (κ1) is 19.3.